The highest BCUT2D eigenvalue weighted by atomic mass is 16.6. The van der Waals surface area contributed by atoms with E-state index in [1.54, 1.807) is 25.1 Å². The molecule has 0 aliphatic carbocycles. The number of carbonyl (C=O) groups is 2. The Labute approximate surface area is 138 Å². The number of hydrogen-bond acceptors (Lipinski definition) is 4. The molecule has 0 aliphatic rings. The van der Waals surface area contributed by atoms with Crippen LogP contribution < -0.4 is 10.6 Å². The molecule has 0 spiro atoms. The van der Waals surface area contributed by atoms with Gasteiger partial charge in [-0.3, -0.25) is 4.79 Å². The number of nitrogens with one attached hydrogen (secondary N) is 2. The Balaban J connectivity index is 2.40. The molecule has 0 radical (unpaired) electrons. The van der Waals surface area contributed by atoms with Crippen molar-refractivity contribution in [3.63, 3.8) is 0 Å². The lowest BCUT2D eigenvalue weighted by Gasteiger charge is -2.19. The summed E-state index contributed by atoms with van der Waals surface area (Å²) in [4.78, 5) is 25.1. The molecule has 128 valence electrons. The summed E-state index contributed by atoms with van der Waals surface area (Å²) in [6.07, 6.45) is 0.310. The van der Waals surface area contributed by atoms with Gasteiger partial charge in [-0.25, -0.2) is 4.79 Å². The second kappa shape index (κ2) is 8.41. The van der Waals surface area contributed by atoms with Gasteiger partial charge in [0.25, 0.3) is 5.91 Å². The average Bonchev–Trinajstić information content (AvgIpc) is 2.44. The highest BCUT2D eigenvalue weighted by Gasteiger charge is 2.15. The van der Waals surface area contributed by atoms with E-state index >= 15 is 0 Å². The third-order valence-electron chi connectivity index (χ3n) is 2.90. The second-order valence-corrected chi connectivity index (χ2v) is 6.45. The summed E-state index contributed by atoms with van der Waals surface area (Å²) in [6, 6.07) is 7.39. The number of amides is 2. The predicted octanol–water partition coefficient (Wildman–Crippen LogP) is 2.72. The van der Waals surface area contributed by atoms with Crippen LogP contribution in [0, 0.1) is 0 Å². The Morgan fingerprint density at radius 2 is 1.78 bits per heavy atom. The van der Waals surface area contributed by atoms with E-state index in [9.17, 15) is 9.59 Å². The Hall–Kier alpha value is -2.24. The van der Waals surface area contributed by atoms with Gasteiger partial charge in [0.05, 0.1) is 5.56 Å². The van der Waals surface area contributed by atoms with Crippen LogP contribution in [-0.2, 0) is 4.74 Å². The molecule has 0 atom stereocenters. The van der Waals surface area contributed by atoms with Crippen LogP contribution >= 0.6 is 0 Å². The number of hydrogen-bond donors (Lipinski definition) is 2. The normalized spacial score (nSPS) is 10.8. The Morgan fingerprint density at radius 1 is 1.13 bits per heavy atom. The standard InChI is InChI=1S/C17H27N3O3/c1-17(2,3)23-16(22)19-12-8-11-18-14-10-7-6-9-13(14)15(21)20(4)5/h6-7,9-10,18H,8,11-12H2,1-5H3,(H,19,22). The van der Waals surface area contributed by atoms with Gasteiger partial charge in [-0.2, -0.15) is 0 Å². The van der Waals surface area contributed by atoms with E-state index in [4.69, 9.17) is 4.74 Å². The van der Waals surface area contributed by atoms with Gasteiger partial charge in [0.15, 0.2) is 0 Å². The van der Waals surface area contributed by atoms with E-state index in [1.807, 2.05) is 39.0 Å². The molecule has 0 saturated carbocycles. The van der Waals surface area contributed by atoms with Crippen LogP contribution in [0.3, 0.4) is 0 Å². The SMILES string of the molecule is CN(C)C(=O)c1ccccc1NCCCNC(=O)OC(C)(C)C. The van der Waals surface area contributed by atoms with E-state index < -0.39 is 11.7 Å². The topological polar surface area (TPSA) is 70.7 Å². The van der Waals surface area contributed by atoms with Gasteiger partial charge in [0, 0.05) is 32.9 Å². The van der Waals surface area contributed by atoms with Gasteiger partial charge in [-0.05, 0) is 39.3 Å². The molecule has 1 aromatic carbocycles. The summed E-state index contributed by atoms with van der Waals surface area (Å²) >= 11 is 0. The van der Waals surface area contributed by atoms with Gasteiger partial charge in [-0.1, -0.05) is 12.1 Å². The second-order valence-electron chi connectivity index (χ2n) is 6.45. The maximum atomic E-state index is 12.1. The lowest BCUT2D eigenvalue weighted by molar-refractivity contribution is 0.0527. The number of nitrogens with zero attached hydrogens (tertiary/aromatic N) is 1. The zero-order valence-electron chi connectivity index (χ0n) is 14.6. The molecule has 0 fully saturated rings. The fourth-order valence-electron chi connectivity index (χ4n) is 1.88. The zero-order valence-corrected chi connectivity index (χ0v) is 14.6. The van der Waals surface area contributed by atoms with Crippen molar-refractivity contribution in [3.8, 4) is 0 Å². The average molecular weight is 321 g/mol. The van der Waals surface area contributed by atoms with Crippen LogP contribution in [0.1, 0.15) is 37.6 Å². The van der Waals surface area contributed by atoms with Crippen molar-refractivity contribution in [2.45, 2.75) is 32.8 Å². The molecular weight excluding hydrogens is 294 g/mol. The van der Waals surface area contributed by atoms with Crippen molar-refractivity contribution in [3.05, 3.63) is 29.8 Å². The monoisotopic (exact) mass is 321 g/mol. The first-order chi connectivity index (χ1) is 10.7. The van der Waals surface area contributed by atoms with Crippen LogP contribution in [0.15, 0.2) is 24.3 Å². The van der Waals surface area contributed by atoms with Crippen LogP contribution in [-0.4, -0.2) is 49.7 Å². The van der Waals surface area contributed by atoms with Crippen LogP contribution in [0.5, 0.6) is 0 Å². The molecule has 0 heterocycles. The lowest BCUT2D eigenvalue weighted by Crippen LogP contribution is -2.33. The molecule has 2 amide bonds. The highest BCUT2D eigenvalue weighted by Crippen LogP contribution is 2.16. The largest absolute Gasteiger partial charge is 0.444 e. The molecule has 0 saturated heterocycles. The molecule has 1 aromatic rings. The van der Waals surface area contributed by atoms with E-state index in [-0.39, 0.29) is 5.91 Å². The summed E-state index contributed by atoms with van der Waals surface area (Å²) < 4.78 is 5.16. The Bertz CT molecular complexity index is 536. The quantitative estimate of drug-likeness (QED) is 0.790. The first-order valence-electron chi connectivity index (χ1n) is 7.72. The van der Waals surface area contributed by atoms with Gasteiger partial charge >= 0.3 is 6.09 Å². The molecule has 6 nitrogen and oxygen atoms in total. The van der Waals surface area contributed by atoms with Gasteiger partial charge in [0.2, 0.25) is 0 Å². The number of ether oxygens (including phenoxy) is 1. The van der Waals surface area contributed by atoms with Crippen molar-refractivity contribution in [2.24, 2.45) is 0 Å². The molecule has 0 bridgehead atoms. The van der Waals surface area contributed by atoms with E-state index in [0.29, 0.717) is 18.7 Å². The third-order valence-corrected chi connectivity index (χ3v) is 2.90. The van der Waals surface area contributed by atoms with E-state index in [0.717, 1.165) is 12.1 Å². The van der Waals surface area contributed by atoms with Crippen molar-refractivity contribution in [1.29, 1.82) is 0 Å². The predicted molar refractivity (Wildman–Crippen MR) is 91.8 cm³/mol. The van der Waals surface area contributed by atoms with E-state index in [2.05, 4.69) is 10.6 Å². The number of carbonyl (C=O) groups excluding carboxylic acids is 2. The van der Waals surface area contributed by atoms with Gasteiger partial charge in [-0.15, -0.1) is 0 Å². The van der Waals surface area contributed by atoms with E-state index in [1.165, 1.54) is 0 Å². The van der Waals surface area contributed by atoms with Crippen LogP contribution in [0.2, 0.25) is 0 Å². The summed E-state index contributed by atoms with van der Waals surface area (Å²) in [7, 11) is 3.45. The molecule has 23 heavy (non-hydrogen) atoms. The summed E-state index contributed by atoms with van der Waals surface area (Å²) in [6.45, 7) is 6.63. The van der Waals surface area contributed by atoms with Gasteiger partial charge in [0.1, 0.15) is 5.60 Å². The maximum absolute atomic E-state index is 12.1. The third kappa shape index (κ3) is 7.04. The molecule has 0 aliphatic heterocycles. The highest BCUT2D eigenvalue weighted by molar-refractivity contribution is 5.99. The minimum absolute atomic E-state index is 0.0417. The molecule has 1 rings (SSSR count). The minimum atomic E-state index is -0.492. The fourth-order valence-corrected chi connectivity index (χ4v) is 1.88. The van der Waals surface area contributed by atoms with Crippen LogP contribution in [0.25, 0.3) is 0 Å². The number of anilines is 1. The number of rotatable bonds is 6. The molecule has 2 N–H and O–H groups in total. The molecule has 0 unspecified atom stereocenters. The van der Waals surface area contributed by atoms with Crippen molar-refractivity contribution in [2.75, 3.05) is 32.5 Å². The fraction of sp³-hybridized carbons (Fsp3) is 0.529. The lowest BCUT2D eigenvalue weighted by atomic mass is 10.1. The first-order valence-corrected chi connectivity index (χ1v) is 7.72. The van der Waals surface area contributed by atoms with Crippen molar-refractivity contribution in [1.82, 2.24) is 10.2 Å². The van der Waals surface area contributed by atoms with Crippen LogP contribution in [0.4, 0.5) is 10.5 Å². The maximum Gasteiger partial charge on any atom is 0.407 e. The Morgan fingerprint density at radius 3 is 2.39 bits per heavy atom. The number of benzene rings is 1. The van der Waals surface area contributed by atoms with Crippen molar-refractivity contribution < 1.29 is 14.3 Å². The summed E-state index contributed by atoms with van der Waals surface area (Å²) in [5, 5.41) is 5.94. The number of alkyl carbamates (subject to hydrolysis) is 1. The molecule has 0 aromatic heterocycles. The summed E-state index contributed by atoms with van der Waals surface area (Å²) in [5.74, 6) is -0.0417. The number of para-hydroxylation sites is 1. The summed E-state index contributed by atoms with van der Waals surface area (Å²) in [5.41, 5.74) is 0.939. The Kier molecular flexibility index (Phi) is 6.88. The van der Waals surface area contributed by atoms with Crippen molar-refractivity contribution >= 4 is 17.7 Å². The smallest absolute Gasteiger partial charge is 0.407 e. The first kappa shape index (κ1) is 18.8. The molecular formula is C17H27N3O3. The molecule has 6 heteroatoms. The minimum Gasteiger partial charge on any atom is -0.444 e. The zero-order chi connectivity index (χ0) is 17.5. The van der Waals surface area contributed by atoms with Gasteiger partial charge < -0.3 is 20.3 Å².